The van der Waals surface area contributed by atoms with E-state index in [0.717, 1.165) is 5.56 Å². The number of carboxylic acids is 1. The molecule has 0 radical (unpaired) electrons. The molecule has 0 spiro atoms. The maximum atomic E-state index is 10.9. The van der Waals surface area contributed by atoms with Gasteiger partial charge in [0.05, 0.1) is 5.56 Å². The van der Waals surface area contributed by atoms with Crippen LogP contribution in [0.15, 0.2) is 30.3 Å². The first-order valence-electron chi connectivity index (χ1n) is 3.96. The lowest BCUT2D eigenvalue weighted by Crippen LogP contribution is -2.24. The van der Waals surface area contributed by atoms with E-state index in [-0.39, 0.29) is 0 Å². The van der Waals surface area contributed by atoms with Crippen LogP contribution in [0, 0.1) is 0 Å². The third kappa shape index (κ3) is 2.15. The molecule has 0 fully saturated rings. The number of carboxylic acid groups (broad SMARTS) is 1. The Labute approximate surface area is 77.0 Å². The third-order valence-corrected chi connectivity index (χ3v) is 1.70. The summed E-state index contributed by atoms with van der Waals surface area (Å²) in [7, 11) is 3.44. The molecule has 0 bridgehead atoms. The summed E-state index contributed by atoms with van der Waals surface area (Å²) in [5.74, 6) is -0.906. The smallest absolute Gasteiger partial charge is 0.401 e. The number of hydrogen-bond acceptors (Lipinski definition) is 1. The van der Waals surface area contributed by atoms with E-state index >= 15 is 0 Å². The lowest BCUT2D eigenvalue weighted by molar-refractivity contribution is -0.463. The highest BCUT2D eigenvalue weighted by Gasteiger charge is 2.19. The van der Waals surface area contributed by atoms with Gasteiger partial charge in [-0.25, -0.2) is 9.37 Å². The summed E-state index contributed by atoms with van der Waals surface area (Å²) in [6.45, 7) is 0. The number of carbonyl (C=O) groups is 1. The molecule has 0 unspecified atom stereocenters. The molecule has 0 atom stereocenters. The molecule has 1 rings (SSSR count). The van der Waals surface area contributed by atoms with Crippen molar-refractivity contribution in [2.45, 2.75) is 0 Å². The fraction of sp³-hybridized carbons (Fsp3) is 0.200. The Hall–Kier alpha value is -1.64. The Balaban J connectivity index is 3.20. The fourth-order valence-electron chi connectivity index (χ4n) is 1.17. The molecule has 0 aliphatic carbocycles. The van der Waals surface area contributed by atoms with Gasteiger partial charge in [-0.05, 0) is 12.1 Å². The average Bonchev–Trinajstić information content (AvgIpc) is 2.04. The van der Waals surface area contributed by atoms with E-state index in [1.54, 1.807) is 30.8 Å². The van der Waals surface area contributed by atoms with Gasteiger partial charge in [-0.15, -0.1) is 0 Å². The van der Waals surface area contributed by atoms with Gasteiger partial charge in [-0.3, -0.25) is 0 Å². The summed E-state index contributed by atoms with van der Waals surface area (Å²) in [5, 5.41) is 8.92. The van der Waals surface area contributed by atoms with Crippen molar-refractivity contribution in [3.8, 4) is 0 Å². The van der Waals surface area contributed by atoms with Gasteiger partial charge >= 0.3 is 5.97 Å². The van der Waals surface area contributed by atoms with Crippen molar-refractivity contribution < 1.29 is 14.5 Å². The topological polar surface area (TPSA) is 40.3 Å². The number of aliphatic carboxylic acids is 1. The molecule has 0 aromatic heterocycles. The molecule has 0 saturated carbocycles. The van der Waals surface area contributed by atoms with Crippen LogP contribution in [0.1, 0.15) is 5.56 Å². The largest absolute Gasteiger partial charge is 0.473 e. The Morgan fingerprint density at radius 3 is 2.15 bits per heavy atom. The minimum Gasteiger partial charge on any atom is -0.473 e. The molecule has 1 N–H and O–H groups in total. The molecule has 13 heavy (non-hydrogen) atoms. The zero-order valence-electron chi connectivity index (χ0n) is 7.69. The number of rotatable bonds is 2. The van der Waals surface area contributed by atoms with Crippen LogP contribution in [0.2, 0.25) is 0 Å². The van der Waals surface area contributed by atoms with Crippen LogP contribution in [0.4, 0.5) is 0 Å². The SMILES string of the molecule is C[N+](C)=C(C(=O)O)c1ccccc1. The minimum absolute atomic E-state index is 0.306. The monoisotopic (exact) mass is 178 g/mol. The first-order valence-corrected chi connectivity index (χ1v) is 3.96. The van der Waals surface area contributed by atoms with E-state index in [1.807, 2.05) is 18.2 Å². The zero-order chi connectivity index (χ0) is 9.84. The molecular formula is C10H12NO2+. The fourth-order valence-corrected chi connectivity index (χ4v) is 1.17. The molecule has 0 heterocycles. The van der Waals surface area contributed by atoms with Crippen molar-refractivity contribution in [2.75, 3.05) is 14.1 Å². The van der Waals surface area contributed by atoms with Crippen LogP contribution in [-0.4, -0.2) is 35.5 Å². The summed E-state index contributed by atoms with van der Waals surface area (Å²) in [6, 6.07) is 9.06. The van der Waals surface area contributed by atoms with Crippen LogP contribution in [-0.2, 0) is 4.79 Å². The molecule has 0 amide bonds. The van der Waals surface area contributed by atoms with Crippen LogP contribution in [0.3, 0.4) is 0 Å². The first kappa shape index (κ1) is 9.45. The van der Waals surface area contributed by atoms with Crippen molar-refractivity contribution in [2.24, 2.45) is 0 Å². The molecule has 3 heteroatoms. The standard InChI is InChI=1S/C10H11NO2/c1-11(2)9(10(12)13)8-6-4-3-5-7-8/h3-7H,1-2H3/p+1. The third-order valence-electron chi connectivity index (χ3n) is 1.70. The summed E-state index contributed by atoms with van der Waals surface area (Å²) >= 11 is 0. The highest BCUT2D eigenvalue weighted by atomic mass is 16.4. The molecule has 0 aliphatic heterocycles. The van der Waals surface area contributed by atoms with Crippen molar-refractivity contribution >= 4 is 11.7 Å². The Kier molecular flexibility index (Phi) is 2.80. The van der Waals surface area contributed by atoms with E-state index in [0.29, 0.717) is 5.71 Å². The van der Waals surface area contributed by atoms with Gasteiger partial charge in [0.2, 0.25) is 0 Å². The molecule has 1 aromatic rings. The molecule has 68 valence electrons. The zero-order valence-corrected chi connectivity index (χ0v) is 7.69. The summed E-state index contributed by atoms with van der Waals surface area (Å²) in [6.07, 6.45) is 0. The van der Waals surface area contributed by atoms with E-state index in [4.69, 9.17) is 5.11 Å². The molecule has 3 nitrogen and oxygen atoms in total. The second-order valence-corrected chi connectivity index (χ2v) is 2.91. The summed E-state index contributed by atoms with van der Waals surface area (Å²) < 4.78 is 1.59. The van der Waals surface area contributed by atoms with E-state index in [2.05, 4.69) is 0 Å². The van der Waals surface area contributed by atoms with Crippen molar-refractivity contribution in [3.05, 3.63) is 35.9 Å². The van der Waals surface area contributed by atoms with Gasteiger partial charge in [0.25, 0.3) is 5.71 Å². The predicted octanol–water partition coefficient (Wildman–Crippen LogP) is 0.832. The predicted molar refractivity (Wildman–Crippen MR) is 50.3 cm³/mol. The van der Waals surface area contributed by atoms with Crippen molar-refractivity contribution in [1.29, 1.82) is 0 Å². The van der Waals surface area contributed by atoms with Gasteiger partial charge < -0.3 is 5.11 Å². The average molecular weight is 178 g/mol. The molecular weight excluding hydrogens is 166 g/mol. The maximum absolute atomic E-state index is 10.9. The van der Waals surface area contributed by atoms with E-state index in [9.17, 15) is 4.79 Å². The van der Waals surface area contributed by atoms with Gasteiger partial charge in [-0.2, -0.15) is 0 Å². The van der Waals surface area contributed by atoms with E-state index < -0.39 is 5.97 Å². The van der Waals surface area contributed by atoms with Gasteiger partial charge in [-0.1, -0.05) is 18.2 Å². The lowest BCUT2D eigenvalue weighted by atomic mass is 10.1. The summed E-state index contributed by atoms with van der Waals surface area (Å²) in [4.78, 5) is 10.9. The quantitative estimate of drug-likeness (QED) is 0.538. The van der Waals surface area contributed by atoms with Crippen LogP contribution >= 0.6 is 0 Å². The first-order chi connectivity index (χ1) is 6.13. The maximum Gasteiger partial charge on any atom is 0.401 e. The molecule has 0 aliphatic rings. The van der Waals surface area contributed by atoms with Crippen LogP contribution in [0.5, 0.6) is 0 Å². The minimum atomic E-state index is -0.906. The highest BCUT2D eigenvalue weighted by molar-refractivity contribution is 6.40. The second kappa shape index (κ2) is 3.85. The summed E-state index contributed by atoms with van der Waals surface area (Å²) in [5.41, 5.74) is 1.03. The number of nitrogens with zero attached hydrogens (tertiary/aromatic N) is 1. The van der Waals surface area contributed by atoms with Gasteiger partial charge in [0.1, 0.15) is 14.1 Å². The number of benzene rings is 1. The van der Waals surface area contributed by atoms with Crippen LogP contribution < -0.4 is 0 Å². The molecule has 0 saturated heterocycles. The Morgan fingerprint density at radius 1 is 1.23 bits per heavy atom. The number of hydrogen-bond donors (Lipinski definition) is 1. The highest BCUT2D eigenvalue weighted by Crippen LogP contribution is 2.00. The van der Waals surface area contributed by atoms with Crippen LogP contribution in [0.25, 0.3) is 0 Å². The normalized spacial score (nSPS) is 9.38. The molecule has 1 aromatic carbocycles. The Bertz CT molecular complexity index is 337. The van der Waals surface area contributed by atoms with E-state index in [1.165, 1.54) is 0 Å². The van der Waals surface area contributed by atoms with Gasteiger partial charge in [0, 0.05) is 0 Å². The van der Waals surface area contributed by atoms with Crippen molar-refractivity contribution in [1.82, 2.24) is 0 Å². The Morgan fingerprint density at radius 2 is 1.77 bits per heavy atom. The van der Waals surface area contributed by atoms with Gasteiger partial charge in [0.15, 0.2) is 0 Å². The second-order valence-electron chi connectivity index (χ2n) is 2.91. The van der Waals surface area contributed by atoms with Crippen molar-refractivity contribution in [3.63, 3.8) is 0 Å². The lowest BCUT2D eigenvalue weighted by Gasteiger charge is -1.97.